The number of carbonyl (C=O) groups is 2. The molecule has 2 aliphatic rings. The Hall–Kier alpha value is -3.35. The van der Waals surface area contributed by atoms with Gasteiger partial charge in [-0.25, -0.2) is 0 Å². The lowest BCUT2D eigenvalue weighted by Gasteiger charge is -2.25. The van der Waals surface area contributed by atoms with E-state index in [0.29, 0.717) is 37.3 Å². The summed E-state index contributed by atoms with van der Waals surface area (Å²) in [4.78, 5) is 24.9. The van der Waals surface area contributed by atoms with Gasteiger partial charge in [0.1, 0.15) is 5.75 Å². The summed E-state index contributed by atoms with van der Waals surface area (Å²) in [7, 11) is 0. The van der Waals surface area contributed by atoms with Crippen LogP contribution in [0.3, 0.4) is 0 Å². The molecule has 2 heterocycles. The van der Waals surface area contributed by atoms with E-state index < -0.39 is 0 Å². The Labute approximate surface area is 207 Å². The smallest absolute Gasteiger partial charge is 0.306 e. The fourth-order valence-corrected chi connectivity index (χ4v) is 4.36. The van der Waals surface area contributed by atoms with E-state index >= 15 is 0 Å². The number of benzene rings is 2. The Bertz CT molecular complexity index is 1030. The van der Waals surface area contributed by atoms with Gasteiger partial charge in [-0.2, -0.15) is 5.10 Å². The van der Waals surface area contributed by atoms with Crippen LogP contribution >= 0.6 is 0 Å². The van der Waals surface area contributed by atoms with Crippen molar-refractivity contribution in [2.24, 2.45) is 11.0 Å². The van der Waals surface area contributed by atoms with Gasteiger partial charge in [-0.3, -0.25) is 14.6 Å². The van der Waals surface area contributed by atoms with E-state index in [9.17, 15) is 9.59 Å². The molecule has 0 aliphatic carbocycles. The Morgan fingerprint density at radius 1 is 1.14 bits per heavy atom. The third kappa shape index (κ3) is 7.31. The molecule has 0 radical (unpaired) electrons. The molecular formula is C28H35N3O4. The number of hydrazone groups is 1. The van der Waals surface area contributed by atoms with Gasteiger partial charge in [0.25, 0.3) is 5.91 Å². The molecular weight excluding hydrogens is 442 g/mol. The Morgan fingerprint density at radius 3 is 2.71 bits per heavy atom. The number of unbranched alkanes of at least 4 members (excludes halogenated alkanes) is 1. The van der Waals surface area contributed by atoms with Gasteiger partial charge in [0.05, 0.1) is 25.8 Å². The van der Waals surface area contributed by atoms with Crippen LogP contribution in [-0.4, -0.2) is 49.4 Å². The number of esters is 1. The number of rotatable bonds is 9. The maximum absolute atomic E-state index is 12.8. The maximum atomic E-state index is 12.8. The van der Waals surface area contributed by atoms with E-state index in [2.05, 4.69) is 22.4 Å². The highest BCUT2D eigenvalue weighted by Gasteiger charge is 2.23. The number of piperidine rings is 1. The SMILES string of the molecule is CCCCOC(=O)CC1COc2ccc(NC(=O)c3ccc(/C=N/N4CCCCC4)cc3)cc2C1. The topological polar surface area (TPSA) is 80.2 Å². The Balaban J connectivity index is 1.31. The Kier molecular flexibility index (Phi) is 8.76. The molecule has 1 unspecified atom stereocenters. The first-order chi connectivity index (χ1) is 17.1. The van der Waals surface area contributed by atoms with Gasteiger partial charge in [-0.15, -0.1) is 0 Å². The second-order valence-corrected chi connectivity index (χ2v) is 9.32. The van der Waals surface area contributed by atoms with Crippen molar-refractivity contribution in [3.63, 3.8) is 0 Å². The first-order valence-corrected chi connectivity index (χ1v) is 12.7. The van der Waals surface area contributed by atoms with Crippen LogP contribution in [0.25, 0.3) is 0 Å². The number of carbonyl (C=O) groups excluding carboxylic acids is 2. The number of nitrogens with zero attached hydrogens (tertiary/aromatic N) is 2. The molecule has 35 heavy (non-hydrogen) atoms. The highest BCUT2D eigenvalue weighted by Crippen LogP contribution is 2.31. The normalized spacial score (nSPS) is 17.5. The number of amides is 1. The van der Waals surface area contributed by atoms with Crippen molar-refractivity contribution in [1.29, 1.82) is 0 Å². The molecule has 2 aliphatic heterocycles. The summed E-state index contributed by atoms with van der Waals surface area (Å²) in [5.74, 6) is 0.527. The lowest BCUT2D eigenvalue weighted by molar-refractivity contribution is -0.145. The summed E-state index contributed by atoms with van der Waals surface area (Å²) >= 11 is 0. The predicted molar refractivity (Wildman–Crippen MR) is 137 cm³/mol. The summed E-state index contributed by atoms with van der Waals surface area (Å²) in [5, 5.41) is 9.62. The highest BCUT2D eigenvalue weighted by molar-refractivity contribution is 6.04. The van der Waals surface area contributed by atoms with E-state index in [1.807, 2.05) is 48.7 Å². The standard InChI is InChI=1S/C28H35N3O4/c1-2-3-15-34-27(32)17-22-16-24-18-25(11-12-26(24)35-20-22)30-28(33)23-9-7-21(8-10-23)19-29-31-13-5-4-6-14-31/h7-12,18-19,22H,2-6,13-17,20H2,1H3,(H,30,33)/b29-19+. The van der Waals surface area contributed by atoms with Crippen molar-refractivity contribution in [1.82, 2.24) is 5.01 Å². The van der Waals surface area contributed by atoms with Gasteiger partial charge in [0, 0.05) is 30.3 Å². The monoisotopic (exact) mass is 477 g/mol. The summed E-state index contributed by atoms with van der Waals surface area (Å²) in [6.07, 6.45) is 8.45. The van der Waals surface area contributed by atoms with Crippen LogP contribution in [0.15, 0.2) is 47.6 Å². The lowest BCUT2D eigenvalue weighted by Crippen LogP contribution is -2.24. The van der Waals surface area contributed by atoms with Crippen LogP contribution in [-0.2, 0) is 16.0 Å². The van der Waals surface area contributed by atoms with Crippen molar-refractivity contribution in [3.05, 3.63) is 59.2 Å². The maximum Gasteiger partial charge on any atom is 0.306 e. The van der Waals surface area contributed by atoms with Crippen molar-refractivity contribution < 1.29 is 19.1 Å². The predicted octanol–water partition coefficient (Wildman–Crippen LogP) is 5.04. The van der Waals surface area contributed by atoms with E-state index in [1.165, 1.54) is 19.3 Å². The fourth-order valence-electron chi connectivity index (χ4n) is 4.36. The van der Waals surface area contributed by atoms with E-state index in [1.54, 1.807) is 0 Å². The molecule has 2 aromatic rings. The summed E-state index contributed by atoms with van der Waals surface area (Å²) < 4.78 is 11.1. The number of ether oxygens (including phenoxy) is 2. The zero-order chi connectivity index (χ0) is 24.5. The third-order valence-electron chi connectivity index (χ3n) is 6.39. The molecule has 1 amide bonds. The molecule has 0 bridgehead atoms. The number of hydrogen-bond acceptors (Lipinski definition) is 6. The second-order valence-electron chi connectivity index (χ2n) is 9.32. The molecule has 186 valence electrons. The average Bonchev–Trinajstić information content (AvgIpc) is 2.88. The van der Waals surface area contributed by atoms with E-state index in [-0.39, 0.29) is 17.8 Å². The largest absolute Gasteiger partial charge is 0.493 e. The third-order valence-corrected chi connectivity index (χ3v) is 6.39. The molecule has 7 nitrogen and oxygen atoms in total. The minimum atomic E-state index is -0.177. The van der Waals surface area contributed by atoms with Crippen LogP contribution in [0.2, 0.25) is 0 Å². The summed E-state index contributed by atoms with van der Waals surface area (Å²) in [6, 6.07) is 13.1. The van der Waals surface area contributed by atoms with E-state index in [0.717, 1.165) is 42.8 Å². The van der Waals surface area contributed by atoms with Crippen molar-refractivity contribution in [2.45, 2.75) is 51.9 Å². The minimum Gasteiger partial charge on any atom is -0.493 e. The van der Waals surface area contributed by atoms with Crippen LogP contribution in [0, 0.1) is 5.92 Å². The number of anilines is 1. The van der Waals surface area contributed by atoms with Gasteiger partial charge in [-0.1, -0.05) is 25.5 Å². The zero-order valence-electron chi connectivity index (χ0n) is 20.5. The number of fused-ring (bicyclic) bond motifs is 1. The quantitative estimate of drug-likeness (QED) is 0.311. The zero-order valence-corrected chi connectivity index (χ0v) is 20.5. The Morgan fingerprint density at radius 2 is 1.94 bits per heavy atom. The highest BCUT2D eigenvalue weighted by atomic mass is 16.5. The van der Waals surface area contributed by atoms with Crippen LogP contribution in [0.1, 0.15) is 66.9 Å². The molecule has 1 fully saturated rings. The molecule has 0 spiro atoms. The number of hydrogen-bond donors (Lipinski definition) is 1. The summed E-state index contributed by atoms with van der Waals surface area (Å²) in [6.45, 7) is 5.05. The molecule has 1 atom stereocenters. The van der Waals surface area contributed by atoms with Crippen LogP contribution in [0.4, 0.5) is 5.69 Å². The van der Waals surface area contributed by atoms with Gasteiger partial charge in [-0.05, 0) is 73.6 Å². The average molecular weight is 478 g/mol. The van der Waals surface area contributed by atoms with Gasteiger partial charge in [0.2, 0.25) is 0 Å². The first kappa shape index (κ1) is 24.8. The molecule has 0 saturated carbocycles. The fraction of sp³-hybridized carbons (Fsp3) is 0.464. The molecule has 7 heteroatoms. The lowest BCUT2D eigenvalue weighted by atomic mass is 9.93. The minimum absolute atomic E-state index is 0.0710. The van der Waals surface area contributed by atoms with Crippen molar-refractivity contribution in [2.75, 3.05) is 31.6 Å². The number of nitrogens with one attached hydrogen (secondary N) is 1. The molecule has 2 aromatic carbocycles. The van der Waals surface area contributed by atoms with Crippen LogP contribution < -0.4 is 10.1 Å². The van der Waals surface area contributed by atoms with Crippen molar-refractivity contribution in [3.8, 4) is 5.75 Å². The van der Waals surface area contributed by atoms with Gasteiger partial charge < -0.3 is 14.8 Å². The van der Waals surface area contributed by atoms with Gasteiger partial charge >= 0.3 is 5.97 Å². The van der Waals surface area contributed by atoms with Crippen LogP contribution in [0.5, 0.6) is 5.75 Å². The van der Waals surface area contributed by atoms with Crippen molar-refractivity contribution >= 4 is 23.8 Å². The van der Waals surface area contributed by atoms with Gasteiger partial charge in [0.15, 0.2) is 0 Å². The van der Waals surface area contributed by atoms with E-state index in [4.69, 9.17) is 9.47 Å². The second kappa shape index (κ2) is 12.4. The molecule has 1 N–H and O–H groups in total. The first-order valence-electron chi connectivity index (χ1n) is 12.7. The molecule has 0 aromatic heterocycles. The molecule has 4 rings (SSSR count). The summed E-state index contributed by atoms with van der Waals surface area (Å²) in [5.41, 5.74) is 3.25. The molecule has 1 saturated heterocycles.